The quantitative estimate of drug-likeness (QED) is 0.460. The fraction of sp³-hybridized carbons (Fsp3) is 0.333. The Morgan fingerprint density at radius 3 is 2.90 bits per heavy atom. The summed E-state index contributed by atoms with van der Waals surface area (Å²) in [5, 5.41) is 0. The van der Waals surface area contributed by atoms with Gasteiger partial charge in [-0.15, -0.1) is 0 Å². The molecule has 1 aliphatic rings. The second-order valence-corrected chi connectivity index (χ2v) is 2.47. The number of allylic oxidation sites excluding steroid dienone is 5. The maximum absolute atomic E-state index is 10.2. The molecule has 0 bridgehead atoms. The molecule has 1 nitrogen and oxygen atoms in total. The van der Waals surface area contributed by atoms with Crippen molar-refractivity contribution >= 4 is 5.94 Å². The van der Waals surface area contributed by atoms with E-state index in [9.17, 15) is 4.79 Å². The Bertz CT molecular complexity index is 239. The lowest BCUT2D eigenvalue weighted by Crippen LogP contribution is -1.99. The van der Waals surface area contributed by atoms with Crippen molar-refractivity contribution in [1.82, 2.24) is 0 Å². The summed E-state index contributed by atoms with van der Waals surface area (Å²) in [5.41, 5.74) is 1.62. The maximum atomic E-state index is 10.2. The van der Waals surface area contributed by atoms with E-state index < -0.39 is 0 Å². The predicted octanol–water partition coefficient (Wildman–Crippen LogP) is 1.70. The summed E-state index contributed by atoms with van der Waals surface area (Å²) in [6.07, 6.45) is 6.88. The Hall–Kier alpha value is -1.07. The summed E-state index contributed by atoms with van der Waals surface area (Å²) in [7, 11) is 0. The van der Waals surface area contributed by atoms with Crippen molar-refractivity contribution in [2.24, 2.45) is 5.92 Å². The number of hydrogen-bond donors (Lipinski definition) is 0. The molecule has 0 spiro atoms. The molecule has 0 N–H and O–H groups in total. The van der Waals surface area contributed by atoms with Crippen LogP contribution in [0.3, 0.4) is 0 Å². The van der Waals surface area contributed by atoms with Gasteiger partial charge in [0, 0.05) is 12.0 Å². The molecule has 10 heavy (non-hydrogen) atoms. The van der Waals surface area contributed by atoms with E-state index in [1.54, 1.807) is 0 Å². The second-order valence-electron chi connectivity index (χ2n) is 2.47. The molecule has 0 aromatic heterocycles. The number of rotatable bonds is 0. The first-order valence-electron chi connectivity index (χ1n) is 3.28. The molecule has 0 fully saturated rings. The highest BCUT2D eigenvalue weighted by Gasteiger charge is 2.07. The number of hydrogen-bond acceptors (Lipinski definition) is 1. The summed E-state index contributed by atoms with van der Waals surface area (Å²) in [6, 6.07) is 0. The van der Waals surface area contributed by atoms with Crippen LogP contribution >= 0.6 is 0 Å². The highest BCUT2D eigenvalue weighted by Crippen LogP contribution is 2.17. The zero-order chi connectivity index (χ0) is 7.56. The zero-order valence-corrected chi connectivity index (χ0v) is 6.14. The lowest BCUT2D eigenvalue weighted by atomic mass is 9.95. The van der Waals surface area contributed by atoms with Gasteiger partial charge < -0.3 is 0 Å². The van der Waals surface area contributed by atoms with E-state index in [1.165, 1.54) is 0 Å². The SMILES string of the molecule is CC1=[C]C(=C=O)C(C)C=C1. The highest BCUT2D eigenvalue weighted by molar-refractivity contribution is 5.59. The molecule has 0 aliphatic heterocycles. The minimum Gasteiger partial charge on any atom is -0.233 e. The van der Waals surface area contributed by atoms with Crippen molar-refractivity contribution in [1.29, 1.82) is 0 Å². The summed E-state index contributed by atoms with van der Waals surface area (Å²) < 4.78 is 0. The normalized spacial score (nSPS) is 24.0. The molecular weight excluding hydrogens is 124 g/mol. The second kappa shape index (κ2) is 2.68. The van der Waals surface area contributed by atoms with Crippen molar-refractivity contribution in [3.63, 3.8) is 0 Å². The van der Waals surface area contributed by atoms with Gasteiger partial charge in [-0.3, -0.25) is 0 Å². The lowest BCUT2D eigenvalue weighted by Gasteiger charge is -2.08. The molecule has 0 saturated carbocycles. The third-order valence-corrected chi connectivity index (χ3v) is 1.53. The lowest BCUT2D eigenvalue weighted by molar-refractivity contribution is 0.565. The summed E-state index contributed by atoms with van der Waals surface area (Å²) >= 11 is 0. The Kier molecular flexibility index (Phi) is 1.88. The monoisotopic (exact) mass is 133 g/mol. The number of carbonyl (C=O) groups excluding carboxylic acids is 1. The van der Waals surface area contributed by atoms with Crippen LogP contribution in [0.1, 0.15) is 13.8 Å². The molecule has 0 heterocycles. The highest BCUT2D eigenvalue weighted by atomic mass is 16.1. The fourth-order valence-electron chi connectivity index (χ4n) is 0.871. The zero-order valence-electron chi connectivity index (χ0n) is 6.14. The Balaban J connectivity index is 2.98. The van der Waals surface area contributed by atoms with Crippen LogP contribution in [0.4, 0.5) is 0 Å². The maximum Gasteiger partial charge on any atom is 0.129 e. The summed E-state index contributed by atoms with van der Waals surface area (Å²) in [5.74, 6) is 2.05. The van der Waals surface area contributed by atoms with Gasteiger partial charge in [-0.1, -0.05) is 19.1 Å². The Morgan fingerprint density at radius 2 is 2.40 bits per heavy atom. The van der Waals surface area contributed by atoms with Crippen LogP contribution < -0.4 is 0 Å². The summed E-state index contributed by atoms with van der Waals surface area (Å²) in [4.78, 5) is 10.2. The molecule has 1 radical (unpaired) electrons. The van der Waals surface area contributed by atoms with Gasteiger partial charge in [0.05, 0.1) is 5.57 Å². The van der Waals surface area contributed by atoms with E-state index in [0.717, 1.165) is 5.57 Å². The van der Waals surface area contributed by atoms with Crippen molar-refractivity contribution < 1.29 is 4.79 Å². The molecule has 1 unspecified atom stereocenters. The molecular formula is C9H9O. The first kappa shape index (κ1) is 7.04. The van der Waals surface area contributed by atoms with Crippen LogP contribution in [0.25, 0.3) is 0 Å². The van der Waals surface area contributed by atoms with Crippen LogP contribution in [0.15, 0.2) is 23.3 Å². The third kappa shape index (κ3) is 1.26. The Labute approximate surface area is 60.7 Å². The van der Waals surface area contributed by atoms with E-state index in [-0.39, 0.29) is 5.92 Å². The molecule has 1 rings (SSSR count). The third-order valence-electron chi connectivity index (χ3n) is 1.53. The van der Waals surface area contributed by atoms with Crippen molar-refractivity contribution in [2.45, 2.75) is 13.8 Å². The first-order valence-corrected chi connectivity index (χ1v) is 3.28. The van der Waals surface area contributed by atoms with Gasteiger partial charge in [0.1, 0.15) is 5.94 Å². The molecule has 1 aliphatic carbocycles. The molecule has 0 saturated heterocycles. The summed E-state index contributed by atoms with van der Waals surface area (Å²) in [6.45, 7) is 3.87. The molecule has 51 valence electrons. The van der Waals surface area contributed by atoms with Gasteiger partial charge in [-0.25, -0.2) is 4.79 Å². The minimum atomic E-state index is 0.182. The average molecular weight is 133 g/mol. The molecule has 1 heteroatoms. The molecule has 0 amide bonds. The standard InChI is InChI=1S/C9H9O/c1-7-3-4-8(2)9(5-7)6-10/h3-4,8H,1-2H3. The van der Waals surface area contributed by atoms with Crippen LogP contribution in [-0.2, 0) is 4.79 Å². The van der Waals surface area contributed by atoms with Gasteiger partial charge in [0.2, 0.25) is 0 Å². The van der Waals surface area contributed by atoms with Gasteiger partial charge in [0.25, 0.3) is 0 Å². The van der Waals surface area contributed by atoms with E-state index in [4.69, 9.17) is 0 Å². The van der Waals surface area contributed by atoms with Crippen LogP contribution in [-0.4, -0.2) is 5.94 Å². The smallest absolute Gasteiger partial charge is 0.129 e. The van der Waals surface area contributed by atoms with E-state index in [0.29, 0.717) is 5.57 Å². The molecule has 0 aromatic carbocycles. The van der Waals surface area contributed by atoms with Crippen molar-refractivity contribution in [2.75, 3.05) is 0 Å². The molecule has 1 atom stereocenters. The molecule has 0 aromatic rings. The minimum absolute atomic E-state index is 0.182. The van der Waals surface area contributed by atoms with Crippen LogP contribution in [0.2, 0.25) is 0 Å². The fourth-order valence-corrected chi connectivity index (χ4v) is 0.871. The van der Waals surface area contributed by atoms with Crippen molar-refractivity contribution in [3.8, 4) is 0 Å². The van der Waals surface area contributed by atoms with Crippen LogP contribution in [0, 0.1) is 12.0 Å². The van der Waals surface area contributed by atoms with Crippen LogP contribution in [0.5, 0.6) is 0 Å². The van der Waals surface area contributed by atoms with Gasteiger partial charge in [0.15, 0.2) is 0 Å². The average Bonchev–Trinajstić information content (AvgIpc) is 1.94. The van der Waals surface area contributed by atoms with Gasteiger partial charge in [-0.05, 0) is 12.5 Å². The first-order chi connectivity index (χ1) is 4.74. The van der Waals surface area contributed by atoms with Crippen molar-refractivity contribution in [3.05, 3.63) is 29.4 Å². The van der Waals surface area contributed by atoms with Gasteiger partial charge in [-0.2, -0.15) is 0 Å². The largest absolute Gasteiger partial charge is 0.233 e. The topological polar surface area (TPSA) is 17.1 Å². The van der Waals surface area contributed by atoms with E-state index in [1.807, 2.05) is 31.9 Å². The van der Waals surface area contributed by atoms with Gasteiger partial charge >= 0.3 is 0 Å². The Morgan fingerprint density at radius 1 is 1.70 bits per heavy atom. The van der Waals surface area contributed by atoms with E-state index in [2.05, 4.69) is 6.08 Å². The predicted molar refractivity (Wildman–Crippen MR) is 39.9 cm³/mol. The van der Waals surface area contributed by atoms with E-state index >= 15 is 0 Å².